The zero-order valence-corrected chi connectivity index (χ0v) is 16.8. The molecule has 0 spiro atoms. The lowest BCUT2D eigenvalue weighted by Gasteiger charge is -2.09. The highest BCUT2D eigenvalue weighted by Gasteiger charge is 2.42. The molecule has 2 aliphatic rings. The molecule has 0 aromatic heterocycles. The van der Waals surface area contributed by atoms with E-state index in [2.05, 4.69) is 15.6 Å². The summed E-state index contributed by atoms with van der Waals surface area (Å²) in [6.45, 7) is 0.585. The molecule has 2 N–H and O–H groups in total. The van der Waals surface area contributed by atoms with Crippen LogP contribution in [-0.4, -0.2) is 48.8 Å². The van der Waals surface area contributed by atoms with Crippen molar-refractivity contribution < 1.29 is 13.2 Å². The van der Waals surface area contributed by atoms with Crippen LogP contribution in [0, 0.1) is 0 Å². The molecular formula is C20H21N3O3S2. The topological polar surface area (TPSA) is 87.6 Å². The fourth-order valence-electron chi connectivity index (χ4n) is 3.31. The van der Waals surface area contributed by atoms with E-state index in [9.17, 15) is 13.2 Å². The van der Waals surface area contributed by atoms with Crippen molar-refractivity contribution in [3.8, 4) is 0 Å². The maximum atomic E-state index is 12.3. The molecule has 4 rings (SSSR count). The van der Waals surface area contributed by atoms with Crippen molar-refractivity contribution in [2.45, 2.75) is 17.7 Å². The zero-order valence-electron chi connectivity index (χ0n) is 15.2. The Morgan fingerprint density at radius 2 is 1.82 bits per heavy atom. The Hall–Kier alpha value is -2.32. The predicted molar refractivity (Wildman–Crippen MR) is 114 cm³/mol. The zero-order chi connectivity index (χ0) is 19.6. The van der Waals surface area contributed by atoms with Crippen molar-refractivity contribution in [2.24, 2.45) is 4.99 Å². The van der Waals surface area contributed by atoms with Gasteiger partial charge in [-0.1, -0.05) is 42.1 Å². The van der Waals surface area contributed by atoms with Gasteiger partial charge >= 0.3 is 0 Å². The molecule has 1 amide bonds. The van der Waals surface area contributed by atoms with Crippen LogP contribution in [0.2, 0.25) is 0 Å². The van der Waals surface area contributed by atoms with Crippen LogP contribution in [0.1, 0.15) is 15.9 Å². The van der Waals surface area contributed by atoms with E-state index in [-0.39, 0.29) is 28.7 Å². The predicted octanol–water partition coefficient (Wildman–Crippen LogP) is 2.34. The number of carbonyl (C=O) groups excluding carboxylic acids is 1. The third-order valence-electron chi connectivity index (χ3n) is 4.76. The standard InChI is InChI=1S/C20H21N3O3S2/c24-19(21-11-10-14-4-2-1-3-5-14)15-6-8-16(9-7-15)22-20-23-17-12-28(25,26)13-18(17)27-20/h1-9,17-18H,10-13H2,(H,21,24)(H,22,23)/t17-,18+/m1/s1. The summed E-state index contributed by atoms with van der Waals surface area (Å²) in [5.74, 6) is 0.228. The van der Waals surface area contributed by atoms with Gasteiger partial charge in [-0.15, -0.1) is 0 Å². The largest absolute Gasteiger partial charge is 0.352 e. The van der Waals surface area contributed by atoms with Crippen molar-refractivity contribution in [3.05, 3.63) is 65.7 Å². The SMILES string of the molecule is O=C(NCCc1ccccc1)c1ccc(NC2=N[C@@H]3CS(=O)(=O)C[C@@H]3S2)cc1. The highest BCUT2D eigenvalue weighted by Crippen LogP contribution is 2.34. The summed E-state index contributed by atoms with van der Waals surface area (Å²) in [6.07, 6.45) is 0.793. The van der Waals surface area contributed by atoms with Gasteiger partial charge in [-0.05, 0) is 36.2 Å². The van der Waals surface area contributed by atoms with Crippen LogP contribution >= 0.6 is 11.8 Å². The molecule has 8 heteroatoms. The highest BCUT2D eigenvalue weighted by atomic mass is 32.2. The van der Waals surface area contributed by atoms with E-state index in [4.69, 9.17) is 0 Å². The minimum atomic E-state index is -2.94. The van der Waals surface area contributed by atoms with E-state index in [0.29, 0.717) is 12.1 Å². The van der Waals surface area contributed by atoms with Gasteiger partial charge in [0.15, 0.2) is 15.0 Å². The van der Waals surface area contributed by atoms with E-state index in [0.717, 1.165) is 17.3 Å². The third-order valence-corrected chi connectivity index (χ3v) is 7.90. The maximum Gasteiger partial charge on any atom is 0.251 e. The lowest BCUT2D eigenvalue weighted by atomic mass is 10.1. The fourth-order valence-corrected chi connectivity index (χ4v) is 6.99. The number of rotatable bonds is 5. The molecule has 0 unspecified atom stereocenters. The molecule has 0 aliphatic carbocycles. The first-order valence-corrected chi connectivity index (χ1v) is 11.8. The summed E-state index contributed by atoms with van der Waals surface area (Å²) in [5, 5.41) is 6.90. The lowest BCUT2D eigenvalue weighted by molar-refractivity contribution is 0.0954. The quantitative estimate of drug-likeness (QED) is 0.783. The minimum absolute atomic E-state index is 0.0159. The molecule has 1 saturated heterocycles. The summed E-state index contributed by atoms with van der Waals surface area (Å²) in [4.78, 5) is 16.7. The first kappa shape index (κ1) is 19.0. The van der Waals surface area contributed by atoms with E-state index in [1.54, 1.807) is 12.1 Å². The minimum Gasteiger partial charge on any atom is -0.352 e. The second-order valence-electron chi connectivity index (χ2n) is 6.93. The third kappa shape index (κ3) is 4.56. The molecule has 146 valence electrons. The molecule has 2 atom stereocenters. The summed E-state index contributed by atoms with van der Waals surface area (Å²) in [6, 6.07) is 17.1. The van der Waals surface area contributed by atoms with E-state index < -0.39 is 9.84 Å². The van der Waals surface area contributed by atoms with Gasteiger partial charge in [-0.3, -0.25) is 9.79 Å². The Kier molecular flexibility index (Phi) is 5.41. The van der Waals surface area contributed by atoms with Gasteiger partial charge < -0.3 is 10.6 Å². The van der Waals surface area contributed by atoms with Crippen LogP contribution in [-0.2, 0) is 16.3 Å². The summed E-state index contributed by atoms with van der Waals surface area (Å²) >= 11 is 1.48. The number of carbonyl (C=O) groups is 1. The van der Waals surface area contributed by atoms with Gasteiger partial charge in [0.1, 0.15) is 0 Å². The molecule has 0 saturated carbocycles. The van der Waals surface area contributed by atoms with Crippen molar-refractivity contribution in [2.75, 3.05) is 23.4 Å². The van der Waals surface area contributed by atoms with Crippen LogP contribution in [0.15, 0.2) is 59.6 Å². The number of aliphatic imine (C=N–C) groups is 1. The Morgan fingerprint density at radius 1 is 1.07 bits per heavy atom. The first-order valence-electron chi connectivity index (χ1n) is 9.13. The number of anilines is 1. The normalized spacial score (nSPS) is 22.4. The molecule has 2 heterocycles. The van der Waals surface area contributed by atoms with E-state index in [1.165, 1.54) is 17.3 Å². The average Bonchev–Trinajstić information content (AvgIpc) is 3.15. The fraction of sp³-hybridized carbons (Fsp3) is 0.300. The number of nitrogens with one attached hydrogen (secondary N) is 2. The second-order valence-corrected chi connectivity index (χ2v) is 10.3. The Balaban J connectivity index is 1.29. The number of amides is 1. The molecule has 2 aliphatic heterocycles. The average molecular weight is 416 g/mol. The number of benzene rings is 2. The Bertz CT molecular complexity index is 989. The number of thioether (sulfide) groups is 1. The number of sulfone groups is 1. The number of nitrogens with zero attached hydrogens (tertiary/aromatic N) is 1. The molecule has 1 fully saturated rings. The van der Waals surface area contributed by atoms with Gasteiger partial charge in [-0.25, -0.2) is 8.42 Å². The molecule has 28 heavy (non-hydrogen) atoms. The molecule has 2 aromatic carbocycles. The van der Waals surface area contributed by atoms with Gasteiger partial charge in [-0.2, -0.15) is 0 Å². The van der Waals surface area contributed by atoms with E-state index >= 15 is 0 Å². The summed E-state index contributed by atoms with van der Waals surface area (Å²) < 4.78 is 23.3. The summed E-state index contributed by atoms with van der Waals surface area (Å²) in [7, 11) is -2.94. The van der Waals surface area contributed by atoms with Gasteiger partial charge in [0.2, 0.25) is 0 Å². The van der Waals surface area contributed by atoms with Crippen LogP contribution < -0.4 is 10.6 Å². The molecule has 2 aromatic rings. The highest BCUT2D eigenvalue weighted by molar-refractivity contribution is 8.15. The molecule has 0 radical (unpaired) electrons. The number of hydrogen-bond acceptors (Lipinski definition) is 6. The van der Waals surface area contributed by atoms with Gasteiger partial charge in [0.25, 0.3) is 5.91 Å². The van der Waals surface area contributed by atoms with Gasteiger partial charge in [0, 0.05) is 23.0 Å². The Morgan fingerprint density at radius 3 is 2.54 bits per heavy atom. The van der Waals surface area contributed by atoms with Crippen LogP contribution in [0.3, 0.4) is 0 Å². The maximum absolute atomic E-state index is 12.3. The van der Waals surface area contributed by atoms with Crippen LogP contribution in [0.5, 0.6) is 0 Å². The van der Waals surface area contributed by atoms with Crippen molar-refractivity contribution in [1.29, 1.82) is 0 Å². The van der Waals surface area contributed by atoms with Crippen molar-refractivity contribution in [3.63, 3.8) is 0 Å². The van der Waals surface area contributed by atoms with Crippen LogP contribution in [0.25, 0.3) is 0 Å². The number of fused-ring (bicyclic) bond motifs is 1. The molecule has 0 bridgehead atoms. The Labute approximate surface area is 168 Å². The van der Waals surface area contributed by atoms with Crippen molar-refractivity contribution in [1.82, 2.24) is 5.32 Å². The number of hydrogen-bond donors (Lipinski definition) is 2. The van der Waals surface area contributed by atoms with Crippen molar-refractivity contribution >= 4 is 38.4 Å². The molecular weight excluding hydrogens is 394 g/mol. The van der Waals surface area contributed by atoms with Crippen LogP contribution in [0.4, 0.5) is 5.69 Å². The smallest absolute Gasteiger partial charge is 0.251 e. The van der Waals surface area contributed by atoms with E-state index in [1.807, 2.05) is 42.5 Å². The monoisotopic (exact) mass is 415 g/mol. The second kappa shape index (κ2) is 7.97. The number of amidine groups is 1. The van der Waals surface area contributed by atoms with Gasteiger partial charge in [0.05, 0.1) is 17.5 Å². The first-order chi connectivity index (χ1) is 13.5. The lowest BCUT2D eigenvalue weighted by Crippen LogP contribution is -2.25. The summed E-state index contributed by atoms with van der Waals surface area (Å²) in [5.41, 5.74) is 2.62. The molecule has 6 nitrogen and oxygen atoms in total.